The predicted octanol–water partition coefficient (Wildman–Crippen LogP) is 4.21. The number of hydrogen-bond acceptors (Lipinski definition) is 10. The number of benzene rings is 1. The lowest BCUT2D eigenvalue weighted by Gasteiger charge is -2.27. The Labute approximate surface area is 218 Å². The highest BCUT2D eigenvalue weighted by Gasteiger charge is 2.18. The van der Waals surface area contributed by atoms with E-state index in [4.69, 9.17) is 19.2 Å². The molecule has 0 bridgehead atoms. The van der Waals surface area contributed by atoms with Gasteiger partial charge in [0.2, 0.25) is 5.95 Å². The first-order valence-corrected chi connectivity index (χ1v) is 13.7. The molecular weight excluding hydrogens is 496 g/mol. The zero-order valence-corrected chi connectivity index (χ0v) is 21.7. The predicted molar refractivity (Wildman–Crippen MR) is 141 cm³/mol. The van der Waals surface area contributed by atoms with Gasteiger partial charge in [0, 0.05) is 31.5 Å². The van der Waals surface area contributed by atoms with Gasteiger partial charge < -0.3 is 24.2 Å². The lowest BCUT2D eigenvalue weighted by Crippen LogP contribution is -2.37. The van der Waals surface area contributed by atoms with Crippen molar-refractivity contribution in [2.24, 2.45) is 0 Å². The van der Waals surface area contributed by atoms with E-state index in [-0.39, 0.29) is 6.61 Å². The van der Waals surface area contributed by atoms with Crippen molar-refractivity contribution in [1.29, 1.82) is 0 Å². The van der Waals surface area contributed by atoms with Crippen molar-refractivity contribution in [3.8, 4) is 22.9 Å². The summed E-state index contributed by atoms with van der Waals surface area (Å²) in [6, 6.07) is 8.23. The Morgan fingerprint density at radius 3 is 2.69 bits per heavy atom. The molecule has 0 aliphatic carbocycles. The van der Waals surface area contributed by atoms with Crippen LogP contribution >= 0.6 is 22.7 Å². The summed E-state index contributed by atoms with van der Waals surface area (Å²) < 4.78 is 16.9. The van der Waals surface area contributed by atoms with Gasteiger partial charge in [-0.2, -0.15) is 37.6 Å². The summed E-state index contributed by atoms with van der Waals surface area (Å²) in [6.45, 7) is 3.12. The van der Waals surface area contributed by atoms with Crippen molar-refractivity contribution in [3.63, 3.8) is 0 Å². The van der Waals surface area contributed by atoms with E-state index in [1.54, 1.807) is 29.8 Å². The Bertz CT molecular complexity index is 1270. The molecule has 0 spiro atoms. The molecule has 10 heteroatoms. The number of ether oxygens (including phenoxy) is 3. The Hall–Kier alpha value is -3.05. The number of morpholine rings is 1. The van der Waals surface area contributed by atoms with Crippen molar-refractivity contribution >= 4 is 28.6 Å². The number of rotatable bonds is 10. The van der Waals surface area contributed by atoms with Gasteiger partial charge in [0.15, 0.2) is 0 Å². The maximum absolute atomic E-state index is 9.45. The van der Waals surface area contributed by atoms with Gasteiger partial charge >= 0.3 is 6.01 Å². The topological polar surface area (TPSA) is 89.8 Å². The SMILES string of the molecule is COc1cc(CCOc2nc(Cc3cscc3-c3ccsc3)nc(N3CCOCC3)n2)ccc1CO. The monoisotopic (exact) mass is 524 g/mol. The van der Waals surface area contributed by atoms with E-state index >= 15 is 0 Å². The molecule has 0 saturated carbocycles. The number of nitrogens with zero attached hydrogens (tertiary/aromatic N) is 4. The minimum absolute atomic E-state index is 0.0594. The van der Waals surface area contributed by atoms with Crippen LogP contribution in [0.3, 0.4) is 0 Å². The van der Waals surface area contributed by atoms with E-state index in [1.165, 1.54) is 16.7 Å². The van der Waals surface area contributed by atoms with Gasteiger partial charge in [0.05, 0.1) is 33.5 Å². The van der Waals surface area contributed by atoms with Crippen molar-refractivity contribution in [3.05, 3.63) is 68.3 Å². The first kappa shape index (κ1) is 24.6. The van der Waals surface area contributed by atoms with Gasteiger partial charge in [0.25, 0.3) is 0 Å². The molecule has 0 radical (unpaired) electrons. The molecule has 4 heterocycles. The number of thiophene rings is 2. The van der Waals surface area contributed by atoms with E-state index in [2.05, 4.69) is 42.5 Å². The molecule has 4 aromatic rings. The third-order valence-electron chi connectivity index (χ3n) is 6.01. The smallest absolute Gasteiger partial charge is 0.321 e. The Balaban J connectivity index is 1.34. The molecule has 1 N–H and O–H groups in total. The minimum atomic E-state index is -0.0594. The number of aliphatic hydroxyl groups excluding tert-OH is 1. The van der Waals surface area contributed by atoms with Gasteiger partial charge in [-0.3, -0.25) is 0 Å². The highest BCUT2D eigenvalue weighted by atomic mass is 32.1. The summed E-state index contributed by atoms with van der Waals surface area (Å²) >= 11 is 3.38. The Morgan fingerprint density at radius 2 is 1.92 bits per heavy atom. The number of aliphatic hydroxyl groups is 1. The maximum Gasteiger partial charge on any atom is 0.321 e. The molecule has 1 fully saturated rings. The maximum atomic E-state index is 9.45. The molecule has 0 atom stereocenters. The number of aromatic nitrogens is 3. The second-order valence-corrected chi connectivity index (χ2v) is 9.86. The Morgan fingerprint density at radius 1 is 1.03 bits per heavy atom. The van der Waals surface area contributed by atoms with Crippen molar-refractivity contribution in [2.45, 2.75) is 19.4 Å². The standard InChI is InChI=1S/C26H28N4O4S2/c1-32-23-12-18(2-3-19(23)14-31)4-8-34-26-28-24(27-25(29-26)30-6-9-33-10-7-30)13-21-16-36-17-22(21)20-5-11-35-15-20/h2-3,5,11-12,15-17,31H,4,6-10,13-14H2,1H3. The van der Waals surface area contributed by atoms with Crippen molar-refractivity contribution in [2.75, 3.05) is 44.9 Å². The fraction of sp³-hybridized carbons (Fsp3) is 0.346. The molecule has 5 rings (SSSR count). The molecule has 188 valence electrons. The van der Waals surface area contributed by atoms with E-state index in [0.29, 0.717) is 56.2 Å². The summed E-state index contributed by atoms with van der Waals surface area (Å²) in [5.74, 6) is 1.98. The molecule has 0 amide bonds. The van der Waals surface area contributed by atoms with Crippen molar-refractivity contribution in [1.82, 2.24) is 15.0 Å². The van der Waals surface area contributed by atoms with Gasteiger partial charge in [0.1, 0.15) is 11.6 Å². The normalized spacial score (nSPS) is 13.7. The minimum Gasteiger partial charge on any atom is -0.496 e. The molecule has 1 aliphatic heterocycles. The summed E-state index contributed by atoms with van der Waals surface area (Å²) in [4.78, 5) is 16.2. The zero-order valence-electron chi connectivity index (χ0n) is 20.1. The van der Waals surface area contributed by atoms with Crippen LogP contribution in [0.5, 0.6) is 11.8 Å². The van der Waals surface area contributed by atoms with Gasteiger partial charge in [-0.05, 0) is 55.9 Å². The number of hydrogen-bond donors (Lipinski definition) is 1. The summed E-state index contributed by atoms with van der Waals surface area (Å²) in [5.41, 5.74) is 5.44. The van der Waals surface area contributed by atoms with Crippen LogP contribution < -0.4 is 14.4 Å². The lowest BCUT2D eigenvalue weighted by molar-refractivity contribution is 0.122. The van der Waals surface area contributed by atoms with Crippen LogP contribution in [-0.2, 0) is 24.2 Å². The van der Waals surface area contributed by atoms with Gasteiger partial charge in [-0.25, -0.2) is 0 Å². The zero-order chi connectivity index (χ0) is 24.7. The lowest BCUT2D eigenvalue weighted by atomic mass is 10.1. The highest BCUT2D eigenvalue weighted by Crippen LogP contribution is 2.31. The third kappa shape index (κ3) is 5.84. The molecule has 8 nitrogen and oxygen atoms in total. The van der Waals surface area contributed by atoms with Crippen LogP contribution in [0, 0.1) is 0 Å². The van der Waals surface area contributed by atoms with Crippen LogP contribution in [0.25, 0.3) is 11.1 Å². The molecule has 0 unspecified atom stereocenters. The fourth-order valence-corrected chi connectivity index (χ4v) is 5.59. The molecule has 1 aromatic carbocycles. The number of anilines is 1. The van der Waals surface area contributed by atoms with Crippen LogP contribution in [0.4, 0.5) is 5.95 Å². The average Bonchev–Trinajstić information content (AvgIpc) is 3.61. The highest BCUT2D eigenvalue weighted by molar-refractivity contribution is 7.09. The second-order valence-electron chi connectivity index (χ2n) is 8.34. The molecule has 3 aromatic heterocycles. The number of methoxy groups -OCH3 is 1. The quantitative estimate of drug-likeness (QED) is 0.330. The van der Waals surface area contributed by atoms with E-state index in [9.17, 15) is 5.11 Å². The average molecular weight is 525 g/mol. The van der Waals surface area contributed by atoms with E-state index in [0.717, 1.165) is 24.2 Å². The van der Waals surface area contributed by atoms with Crippen LogP contribution in [0.1, 0.15) is 22.5 Å². The summed E-state index contributed by atoms with van der Waals surface area (Å²) in [5, 5.41) is 18.0. The van der Waals surface area contributed by atoms with E-state index < -0.39 is 0 Å². The molecule has 1 saturated heterocycles. The second kappa shape index (κ2) is 11.8. The van der Waals surface area contributed by atoms with Gasteiger partial charge in [-0.1, -0.05) is 12.1 Å². The fourth-order valence-electron chi connectivity index (χ4n) is 4.07. The first-order valence-electron chi connectivity index (χ1n) is 11.8. The summed E-state index contributed by atoms with van der Waals surface area (Å²) in [6.07, 6.45) is 1.26. The van der Waals surface area contributed by atoms with Crippen LogP contribution in [0.15, 0.2) is 45.8 Å². The van der Waals surface area contributed by atoms with E-state index in [1.807, 2.05) is 18.2 Å². The molecule has 1 aliphatic rings. The first-order chi connectivity index (χ1) is 17.7. The largest absolute Gasteiger partial charge is 0.496 e. The molecular formula is C26H28N4O4S2. The van der Waals surface area contributed by atoms with Crippen LogP contribution in [-0.4, -0.2) is 60.1 Å². The van der Waals surface area contributed by atoms with Gasteiger partial charge in [-0.15, -0.1) is 0 Å². The molecule has 36 heavy (non-hydrogen) atoms. The third-order valence-corrected chi connectivity index (χ3v) is 7.49. The Kier molecular flexibility index (Phi) is 8.07. The van der Waals surface area contributed by atoms with Crippen molar-refractivity contribution < 1.29 is 19.3 Å². The summed E-state index contributed by atoms with van der Waals surface area (Å²) in [7, 11) is 1.60. The van der Waals surface area contributed by atoms with Crippen LogP contribution in [0.2, 0.25) is 0 Å².